The van der Waals surface area contributed by atoms with Crippen LogP contribution in [0.4, 0.5) is 8.78 Å². The van der Waals surface area contributed by atoms with Crippen molar-refractivity contribution in [1.29, 1.82) is 0 Å². The minimum atomic E-state index is -0.789. The Morgan fingerprint density at radius 3 is 2.43 bits per heavy atom. The van der Waals surface area contributed by atoms with Crippen LogP contribution in [0.2, 0.25) is 0 Å². The van der Waals surface area contributed by atoms with Crippen LogP contribution in [0.15, 0.2) is 18.3 Å². The van der Waals surface area contributed by atoms with Crippen LogP contribution >= 0.6 is 0 Å². The van der Waals surface area contributed by atoms with Crippen molar-refractivity contribution in [2.75, 3.05) is 13.1 Å². The molecule has 3 rings (SSSR count). The molecule has 112 valence electrons. The van der Waals surface area contributed by atoms with E-state index in [1.54, 1.807) is 11.6 Å². The molecule has 0 bridgehead atoms. The molecule has 21 heavy (non-hydrogen) atoms. The predicted molar refractivity (Wildman–Crippen MR) is 74.7 cm³/mol. The maximum atomic E-state index is 13.9. The van der Waals surface area contributed by atoms with Crippen molar-refractivity contribution in [2.24, 2.45) is 7.05 Å². The van der Waals surface area contributed by atoms with E-state index in [9.17, 15) is 13.9 Å². The SMILES string of the molecule is Cn1c(-c2c(F)cc(O)cc2F)cnc1CN1CCCC1. The lowest BCUT2D eigenvalue weighted by Gasteiger charge is -2.15. The first-order chi connectivity index (χ1) is 10.1. The van der Waals surface area contributed by atoms with Crippen molar-refractivity contribution in [2.45, 2.75) is 19.4 Å². The third kappa shape index (κ3) is 2.63. The Kier molecular flexibility index (Phi) is 3.63. The number of hydrogen-bond donors (Lipinski definition) is 1. The number of likely N-dealkylation sites (tertiary alicyclic amines) is 1. The molecule has 2 heterocycles. The van der Waals surface area contributed by atoms with E-state index in [-0.39, 0.29) is 5.56 Å². The van der Waals surface area contributed by atoms with E-state index in [0.29, 0.717) is 12.2 Å². The number of phenolic OH excluding ortho intramolecular Hbond substituents is 1. The third-order valence-electron chi connectivity index (χ3n) is 3.93. The Bertz CT molecular complexity index is 640. The third-order valence-corrected chi connectivity index (χ3v) is 3.93. The Morgan fingerprint density at radius 2 is 1.81 bits per heavy atom. The van der Waals surface area contributed by atoms with Crippen molar-refractivity contribution in [3.63, 3.8) is 0 Å². The summed E-state index contributed by atoms with van der Waals surface area (Å²) >= 11 is 0. The highest BCUT2D eigenvalue weighted by Gasteiger charge is 2.20. The molecule has 0 spiro atoms. The molecule has 0 atom stereocenters. The molecule has 0 unspecified atom stereocenters. The van der Waals surface area contributed by atoms with Gasteiger partial charge in [-0.15, -0.1) is 0 Å². The average molecular weight is 293 g/mol. The van der Waals surface area contributed by atoms with Gasteiger partial charge in [0.2, 0.25) is 0 Å². The zero-order valence-electron chi connectivity index (χ0n) is 11.8. The summed E-state index contributed by atoms with van der Waals surface area (Å²) in [4.78, 5) is 6.56. The van der Waals surface area contributed by atoms with Crippen molar-refractivity contribution in [3.05, 3.63) is 35.8 Å². The van der Waals surface area contributed by atoms with Gasteiger partial charge in [-0.2, -0.15) is 0 Å². The van der Waals surface area contributed by atoms with E-state index in [1.165, 1.54) is 19.0 Å². The van der Waals surface area contributed by atoms with Crippen molar-refractivity contribution in [1.82, 2.24) is 14.5 Å². The highest BCUT2D eigenvalue weighted by atomic mass is 19.1. The highest BCUT2D eigenvalue weighted by Crippen LogP contribution is 2.29. The molecule has 0 amide bonds. The van der Waals surface area contributed by atoms with E-state index >= 15 is 0 Å². The summed E-state index contributed by atoms with van der Waals surface area (Å²) in [5.74, 6) is -1.22. The maximum absolute atomic E-state index is 13.9. The molecule has 0 saturated carbocycles. The molecule has 6 heteroatoms. The van der Waals surface area contributed by atoms with Gasteiger partial charge in [-0.25, -0.2) is 13.8 Å². The number of hydrogen-bond acceptors (Lipinski definition) is 3. The van der Waals surface area contributed by atoms with Gasteiger partial charge in [0.25, 0.3) is 0 Å². The van der Waals surface area contributed by atoms with Crippen LogP contribution in [-0.4, -0.2) is 32.6 Å². The standard InChI is InChI=1S/C15H17F2N3O/c1-19-13(15-11(16)6-10(21)7-12(15)17)8-18-14(19)9-20-4-2-3-5-20/h6-8,21H,2-5,9H2,1H3. The average Bonchev–Trinajstić information content (AvgIpc) is 3.02. The lowest BCUT2D eigenvalue weighted by Crippen LogP contribution is -2.20. The Balaban J connectivity index is 1.95. The van der Waals surface area contributed by atoms with Crippen LogP contribution in [-0.2, 0) is 13.6 Å². The lowest BCUT2D eigenvalue weighted by atomic mass is 10.1. The summed E-state index contributed by atoms with van der Waals surface area (Å²) in [5, 5.41) is 9.22. The summed E-state index contributed by atoms with van der Waals surface area (Å²) in [7, 11) is 1.75. The number of phenols is 1. The number of aromatic hydroxyl groups is 1. The second-order valence-electron chi connectivity index (χ2n) is 5.39. The molecule has 0 radical (unpaired) electrons. The number of benzene rings is 1. The molecule has 1 saturated heterocycles. The maximum Gasteiger partial charge on any atom is 0.139 e. The smallest absolute Gasteiger partial charge is 0.139 e. The van der Waals surface area contributed by atoms with Crippen LogP contribution in [0.1, 0.15) is 18.7 Å². The summed E-state index contributed by atoms with van der Waals surface area (Å²) in [6.45, 7) is 2.74. The first-order valence-electron chi connectivity index (χ1n) is 6.97. The monoisotopic (exact) mass is 293 g/mol. The molecule has 1 aliphatic rings. The summed E-state index contributed by atoms with van der Waals surface area (Å²) < 4.78 is 29.6. The summed E-state index contributed by atoms with van der Waals surface area (Å²) in [6.07, 6.45) is 3.83. The molecule has 0 aliphatic carbocycles. The van der Waals surface area contributed by atoms with Crippen LogP contribution in [0.3, 0.4) is 0 Å². The van der Waals surface area contributed by atoms with Gasteiger partial charge in [-0.1, -0.05) is 0 Å². The fraction of sp³-hybridized carbons (Fsp3) is 0.400. The number of rotatable bonds is 3. The molecule has 1 fully saturated rings. The van der Waals surface area contributed by atoms with E-state index in [0.717, 1.165) is 31.0 Å². The Morgan fingerprint density at radius 1 is 1.19 bits per heavy atom. The minimum Gasteiger partial charge on any atom is -0.508 e. The summed E-state index contributed by atoms with van der Waals surface area (Å²) in [6, 6.07) is 1.82. The molecule has 1 aromatic heterocycles. The zero-order chi connectivity index (χ0) is 15.0. The fourth-order valence-corrected chi connectivity index (χ4v) is 2.77. The van der Waals surface area contributed by atoms with Gasteiger partial charge in [-0.05, 0) is 25.9 Å². The predicted octanol–water partition coefficient (Wildman–Crippen LogP) is 2.67. The highest BCUT2D eigenvalue weighted by molar-refractivity contribution is 5.62. The first-order valence-corrected chi connectivity index (χ1v) is 6.97. The number of imidazole rings is 1. The number of halogens is 2. The summed E-state index contributed by atoms with van der Waals surface area (Å²) in [5.41, 5.74) is 0.217. The number of nitrogens with zero attached hydrogens (tertiary/aromatic N) is 3. The molecule has 4 nitrogen and oxygen atoms in total. The first kappa shape index (κ1) is 14.0. The molecule has 1 aromatic carbocycles. The van der Waals surface area contributed by atoms with Crippen molar-refractivity contribution >= 4 is 0 Å². The second kappa shape index (κ2) is 5.44. The van der Waals surface area contributed by atoms with E-state index in [1.807, 2.05) is 0 Å². The van der Waals surface area contributed by atoms with Crippen LogP contribution < -0.4 is 0 Å². The van der Waals surface area contributed by atoms with E-state index in [2.05, 4.69) is 9.88 Å². The van der Waals surface area contributed by atoms with Gasteiger partial charge in [0.05, 0.1) is 24.0 Å². The Labute approximate surface area is 121 Å². The van der Waals surface area contributed by atoms with Gasteiger partial charge in [0.15, 0.2) is 0 Å². The minimum absolute atomic E-state index is 0.157. The zero-order valence-corrected chi connectivity index (χ0v) is 11.8. The van der Waals surface area contributed by atoms with Crippen molar-refractivity contribution in [3.8, 4) is 17.0 Å². The molecule has 1 aliphatic heterocycles. The largest absolute Gasteiger partial charge is 0.508 e. The van der Waals surface area contributed by atoms with Gasteiger partial charge in [0.1, 0.15) is 23.2 Å². The van der Waals surface area contributed by atoms with Gasteiger partial charge in [0, 0.05) is 19.2 Å². The van der Waals surface area contributed by atoms with E-state index in [4.69, 9.17) is 0 Å². The van der Waals surface area contributed by atoms with E-state index < -0.39 is 17.4 Å². The van der Waals surface area contributed by atoms with Gasteiger partial charge < -0.3 is 9.67 Å². The molecule has 1 N–H and O–H groups in total. The lowest BCUT2D eigenvalue weighted by molar-refractivity contribution is 0.319. The van der Waals surface area contributed by atoms with Gasteiger partial charge in [-0.3, -0.25) is 4.90 Å². The quantitative estimate of drug-likeness (QED) is 0.946. The molecular weight excluding hydrogens is 276 g/mol. The topological polar surface area (TPSA) is 41.3 Å². The molecule has 2 aromatic rings. The van der Waals surface area contributed by atoms with Crippen LogP contribution in [0.5, 0.6) is 5.75 Å². The fourth-order valence-electron chi connectivity index (χ4n) is 2.77. The Hall–Kier alpha value is -1.95. The van der Waals surface area contributed by atoms with Crippen molar-refractivity contribution < 1.29 is 13.9 Å². The normalized spacial score (nSPS) is 15.8. The molecular formula is C15H17F2N3O. The van der Waals surface area contributed by atoms with Crippen LogP contribution in [0.25, 0.3) is 11.3 Å². The van der Waals surface area contributed by atoms with Gasteiger partial charge >= 0.3 is 0 Å². The second-order valence-corrected chi connectivity index (χ2v) is 5.39. The number of aromatic nitrogens is 2. The van der Waals surface area contributed by atoms with Crippen LogP contribution in [0, 0.1) is 11.6 Å².